The van der Waals surface area contributed by atoms with Crippen LogP contribution in [0.5, 0.6) is 0 Å². The van der Waals surface area contributed by atoms with Crippen molar-refractivity contribution in [3.8, 4) is 12.5 Å². The fraction of sp³-hybridized carbons (Fsp3) is 0. The standard InChI is InChI=1S/C4H4S.C2H3N/c1-2-4-5-3-1;1-2-3/h1-4H;1H,3H2. The van der Waals surface area contributed by atoms with Gasteiger partial charge in [0.2, 0.25) is 0 Å². The van der Waals surface area contributed by atoms with Gasteiger partial charge in [0.25, 0.3) is 0 Å². The van der Waals surface area contributed by atoms with Crippen LogP contribution in [0.25, 0.3) is 0 Å². The smallest absolute Gasteiger partial charge is 0.00200 e. The minimum atomic E-state index is 1.71. The van der Waals surface area contributed by atoms with Crippen LogP contribution in [-0.2, 0) is 0 Å². The summed E-state index contributed by atoms with van der Waals surface area (Å²) in [6.45, 7) is 0. The number of terminal acetylenes is 1. The van der Waals surface area contributed by atoms with Crippen molar-refractivity contribution >= 4 is 11.3 Å². The molecule has 0 saturated carbocycles. The highest BCUT2D eigenvalue weighted by molar-refractivity contribution is 7.07. The SMILES string of the molecule is C#CN.c1ccsc1. The van der Waals surface area contributed by atoms with E-state index in [9.17, 15) is 0 Å². The molecule has 0 fully saturated rings. The molecule has 0 radical (unpaired) electrons. The highest BCUT2D eigenvalue weighted by Gasteiger charge is 1.58. The van der Waals surface area contributed by atoms with Gasteiger partial charge in [0.05, 0.1) is 0 Å². The summed E-state index contributed by atoms with van der Waals surface area (Å²) in [6.07, 6.45) is 4.38. The summed E-state index contributed by atoms with van der Waals surface area (Å²) in [5.74, 6) is 0. The van der Waals surface area contributed by atoms with E-state index in [-0.39, 0.29) is 0 Å². The molecule has 0 aromatic carbocycles. The van der Waals surface area contributed by atoms with Gasteiger partial charge >= 0.3 is 0 Å². The number of nitrogens with two attached hydrogens (primary N) is 1. The molecular weight excluding hydrogens is 118 g/mol. The predicted molar refractivity (Wildman–Crippen MR) is 37.3 cm³/mol. The molecule has 2 heteroatoms. The summed E-state index contributed by atoms with van der Waals surface area (Å²) in [6, 6.07) is 5.79. The average Bonchev–Trinajstić information content (AvgIpc) is 2.17. The molecule has 1 aromatic rings. The minimum Gasteiger partial charge on any atom is -0.360 e. The first kappa shape index (κ1) is 7.06. The van der Waals surface area contributed by atoms with Gasteiger partial charge in [-0.2, -0.15) is 11.3 Å². The van der Waals surface area contributed by atoms with Crippen LogP contribution in [0.2, 0.25) is 0 Å². The third-order valence-electron chi connectivity index (χ3n) is 0.425. The van der Waals surface area contributed by atoms with E-state index in [0.717, 1.165) is 0 Å². The molecule has 0 spiro atoms. The molecule has 2 N–H and O–H groups in total. The van der Waals surface area contributed by atoms with Gasteiger partial charge in [-0.25, -0.2) is 0 Å². The summed E-state index contributed by atoms with van der Waals surface area (Å²) in [5.41, 5.74) is 4.38. The Balaban J connectivity index is 0.000000145. The van der Waals surface area contributed by atoms with Crippen molar-refractivity contribution in [2.24, 2.45) is 5.73 Å². The summed E-state index contributed by atoms with van der Waals surface area (Å²) >= 11 is 1.71. The van der Waals surface area contributed by atoms with E-state index >= 15 is 0 Å². The number of hydrogen-bond acceptors (Lipinski definition) is 2. The second-order valence-electron chi connectivity index (χ2n) is 0.960. The lowest BCUT2D eigenvalue weighted by atomic mass is 10.7. The number of thiophene rings is 1. The largest absolute Gasteiger partial charge is 0.360 e. The average molecular weight is 125 g/mol. The zero-order valence-electron chi connectivity index (χ0n) is 4.37. The van der Waals surface area contributed by atoms with Crippen LogP contribution in [0.4, 0.5) is 0 Å². The summed E-state index contributed by atoms with van der Waals surface area (Å²) in [4.78, 5) is 0. The van der Waals surface area contributed by atoms with E-state index in [1.54, 1.807) is 17.4 Å². The Bertz CT molecular complexity index is 121. The predicted octanol–water partition coefficient (Wildman–Crippen LogP) is 1.28. The second-order valence-corrected chi connectivity index (χ2v) is 1.78. The molecule has 1 heterocycles. The van der Waals surface area contributed by atoms with E-state index in [1.807, 2.05) is 22.9 Å². The Kier molecular flexibility index (Phi) is 5.35. The molecule has 0 aliphatic carbocycles. The molecule has 0 bridgehead atoms. The van der Waals surface area contributed by atoms with Gasteiger partial charge in [0, 0.05) is 0 Å². The van der Waals surface area contributed by atoms with Crippen molar-refractivity contribution in [2.45, 2.75) is 0 Å². The lowest BCUT2D eigenvalue weighted by Gasteiger charge is -1.39. The Morgan fingerprint density at radius 2 is 1.75 bits per heavy atom. The van der Waals surface area contributed by atoms with Crippen LogP contribution < -0.4 is 5.73 Å². The molecule has 42 valence electrons. The maximum absolute atomic E-state index is 4.38. The van der Waals surface area contributed by atoms with Gasteiger partial charge in [-0.05, 0) is 16.8 Å². The van der Waals surface area contributed by atoms with E-state index in [1.165, 1.54) is 0 Å². The van der Waals surface area contributed by atoms with E-state index in [2.05, 4.69) is 12.2 Å². The van der Waals surface area contributed by atoms with Crippen LogP contribution in [0.15, 0.2) is 22.9 Å². The molecule has 1 aromatic heterocycles. The zero-order valence-corrected chi connectivity index (χ0v) is 5.19. The summed E-state index contributed by atoms with van der Waals surface area (Å²) in [7, 11) is 0. The van der Waals surface area contributed by atoms with Gasteiger partial charge in [-0.15, -0.1) is 0 Å². The molecule has 1 rings (SSSR count). The lowest BCUT2D eigenvalue weighted by Crippen LogP contribution is -1.69. The van der Waals surface area contributed by atoms with Crippen molar-refractivity contribution < 1.29 is 0 Å². The van der Waals surface area contributed by atoms with E-state index in [4.69, 9.17) is 0 Å². The summed E-state index contributed by atoms with van der Waals surface area (Å²) in [5, 5.41) is 4.08. The third kappa shape index (κ3) is 5.06. The van der Waals surface area contributed by atoms with Crippen LogP contribution in [0, 0.1) is 12.5 Å². The van der Waals surface area contributed by atoms with E-state index < -0.39 is 0 Å². The Morgan fingerprint density at radius 1 is 1.38 bits per heavy atom. The maximum Gasteiger partial charge on any atom is -0.00200 e. The minimum absolute atomic E-state index is 1.71. The highest BCUT2D eigenvalue weighted by Crippen LogP contribution is 1.91. The normalized spacial score (nSPS) is 5.88. The van der Waals surface area contributed by atoms with E-state index in [0.29, 0.717) is 0 Å². The van der Waals surface area contributed by atoms with Gasteiger partial charge in [-0.1, -0.05) is 18.6 Å². The monoisotopic (exact) mass is 125 g/mol. The van der Waals surface area contributed by atoms with Gasteiger partial charge in [0.15, 0.2) is 0 Å². The van der Waals surface area contributed by atoms with Gasteiger partial charge in [0.1, 0.15) is 0 Å². The molecule has 0 aliphatic heterocycles. The van der Waals surface area contributed by atoms with Crippen molar-refractivity contribution in [3.63, 3.8) is 0 Å². The van der Waals surface area contributed by atoms with Crippen molar-refractivity contribution in [1.82, 2.24) is 0 Å². The highest BCUT2D eigenvalue weighted by atomic mass is 32.1. The molecule has 0 amide bonds. The van der Waals surface area contributed by atoms with Crippen molar-refractivity contribution in [3.05, 3.63) is 22.9 Å². The van der Waals surface area contributed by atoms with Crippen LogP contribution in [-0.4, -0.2) is 0 Å². The van der Waals surface area contributed by atoms with Crippen LogP contribution in [0.1, 0.15) is 0 Å². The maximum atomic E-state index is 4.38. The van der Waals surface area contributed by atoms with Crippen molar-refractivity contribution in [1.29, 1.82) is 0 Å². The Morgan fingerprint density at radius 3 is 1.88 bits per heavy atom. The number of hydrogen-bond donors (Lipinski definition) is 1. The lowest BCUT2D eigenvalue weighted by molar-refractivity contribution is 1.76. The second kappa shape index (κ2) is 6.06. The quantitative estimate of drug-likeness (QED) is 0.410. The first-order valence-corrected chi connectivity index (χ1v) is 2.99. The topological polar surface area (TPSA) is 26.0 Å². The molecule has 0 saturated heterocycles. The first-order valence-electron chi connectivity index (χ1n) is 2.05. The first-order chi connectivity index (χ1) is 3.91. The van der Waals surface area contributed by atoms with Crippen LogP contribution in [0.3, 0.4) is 0 Å². The summed E-state index contributed by atoms with van der Waals surface area (Å²) < 4.78 is 0. The molecule has 0 atom stereocenters. The number of rotatable bonds is 0. The molecule has 1 nitrogen and oxygen atoms in total. The fourth-order valence-corrected chi connectivity index (χ4v) is 0.680. The van der Waals surface area contributed by atoms with Crippen molar-refractivity contribution in [2.75, 3.05) is 0 Å². The van der Waals surface area contributed by atoms with Crippen LogP contribution >= 0.6 is 11.3 Å². The Hall–Kier alpha value is -0.940. The molecule has 0 aliphatic rings. The molecule has 8 heavy (non-hydrogen) atoms. The molecule has 0 unspecified atom stereocenters. The molecular formula is C6H7NS. The fourth-order valence-electron chi connectivity index (χ4n) is 0.227. The van der Waals surface area contributed by atoms with Gasteiger partial charge in [-0.3, -0.25) is 0 Å². The zero-order chi connectivity index (χ0) is 6.24. The third-order valence-corrected chi connectivity index (χ3v) is 1.05. The van der Waals surface area contributed by atoms with Gasteiger partial charge < -0.3 is 5.73 Å². The Labute approximate surface area is 53.1 Å².